The number of nitrogens with zero attached hydrogens (tertiary/aromatic N) is 1. The van der Waals surface area contributed by atoms with Crippen LogP contribution in [0.25, 0.3) is 0 Å². The van der Waals surface area contributed by atoms with Gasteiger partial charge >= 0.3 is 0 Å². The first-order valence-corrected chi connectivity index (χ1v) is 5.89. The zero-order valence-electron chi connectivity index (χ0n) is 10.4. The van der Waals surface area contributed by atoms with Crippen molar-refractivity contribution in [3.8, 4) is 5.75 Å². The van der Waals surface area contributed by atoms with Gasteiger partial charge in [0.1, 0.15) is 5.75 Å². The van der Waals surface area contributed by atoms with Crippen LogP contribution in [0.3, 0.4) is 0 Å². The summed E-state index contributed by atoms with van der Waals surface area (Å²) in [6, 6.07) is 4.91. The van der Waals surface area contributed by atoms with Gasteiger partial charge in [-0.15, -0.1) is 0 Å². The van der Waals surface area contributed by atoms with Gasteiger partial charge in [-0.1, -0.05) is 0 Å². The Labute approximate surface area is 102 Å². The van der Waals surface area contributed by atoms with Crippen LogP contribution in [0.15, 0.2) is 18.2 Å². The molecule has 0 saturated carbocycles. The molecule has 1 rings (SSSR count). The highest BCUT2D eigenvalue weighted by atomic mass is 16.3. The van der Waals surface area contributed by atoms with Gasteiger partial charge < -0.3 is 15.7 Å². The number of aryl methyl sites for hydroxylation is 1. The number of carbonyl (C=O) groups is 1. The fourth-order valence-electron chi connectivity index (χ4n) is 1.66. The van der Waals surface area contributed by atoms with Crippen molar-refractivity contribution in [1.82, 2.24) is 4.90 Å². The molecule has 0 fully saturated rings. The van der Waals surface area contributed by atoms with Crippen LogP contribution in [0.4, 0.5) is 0 Å². The van der Waals surface area contributed by atoms with Crippen LogP contribution >= 0.6 is 0 Å². The molecule has 0 spiro atoms. The van der Waals surface area contributed by atoms with Gasteiger partial charge in [0.05, 0.1) is 0 Å². The van der Waals surface area contributed by atoms with Gasteiger partial charge in [-0.25, -0.2) is 0 Å². The van der Waals surface area contributed by atoms with E-state index in [-0.39, 0.29) is 11.7 Å². The Hall–Kier alpha value is -1.55. The maximum Gasteiger partial charge on any atom is 0.253 e. The molecule has 4 heteroatoms. The molecule has 0 aliphatic rings. The number of carbonyl (C=O) groups excluding carboxylic acids is 1. The third-order valence-corrected chi connectivity index (χ3v) is 2.74. The Morgan fingerprint density at radius 2 is 2.18 bits per heavy atom. The van der Waals surface area contributed by atoms with Crippen molar-refractivity contribution in [2.45, 2.75) is 20.3 Å². The summed E-state index contributed by atoms with van der Waals surface area (Å²) in [4.78, 5) is 13.9. The Bertz CT molecular complexity index is 391. The van der Waals surface area contributed by atoms with Crippen molar-refractivity contribution in [3.05, 3.63) is 29.3 Å². The summed E-state index contributed by atoms with van der Waals surface area (Å²) in [6.45, 7) is 5.65. The van der Waals surface area contributed by atoms with Crippen LogP contribution in [0.2, 0.25) is 0 Å². The van der Waals surface area contributed by atoms with E-state index >= 15 is 0 Å². The zero-order chi connectivity index (χ0) is 12.8. The molecule has 0 aliphatic heterocycles. The predicted molar refractivity (Wildman–Crippen MR) is 68.1 cm³/mol. The average molecular weight is 236 g/mol. The number of phenolic OH excluding ortho intramolecular Hbond substituents is 1. The van der Waals surface area contributed by atoms with Crippen LogP contribution < -0.4 is 5.73 Å². The van der Waals surface area contributed by atoms with E-state index in [4.69, 9.17) is 5.73 Å². The number of aromatic hydroxyl groups is 1. The highest BCUT2D eigenvalue weighted by molar-refractivity contribution is 5.94. The Balaban J connectivity index is 2.82. The van der Waals surface area contributed by atoms with Crippen LogP contribution in [0.1, 0.15) is 29.3 Å². The minimum atomic E-state index is -0.0101. The average Bonchev–Trinajstić information content (AvgIpc) is 2.33. The largest absolute Gasteiger partial charge is 0.508 e. The lowest BCUT2D eigenvalue weighted by molar-refractivity contribution is 0.0763. The first kappa shape index (κ1) is 13.5. The second kappa shape index (κ2) is 6.25. The molecule has 0 bridgehead atoms. The second-order valence-electron chi connectivity index (χ2n) is 4.03. The van der Waals surface area contributed by atoms with Gasteiger partial charge in [-0.05, 0) is 50.6 Å². The SMILES string of the molecule is CCN(CCCN)C(=O)c1ccc(O)c(C)c1. The fraction of sp³-hybridized carbons (Fsp3) is 0.462. The number of nitrogens with two attached hydrogens (primary N) is 1. The molecule has 1 aromatic rings. The topological polar surface area (TPSA) is 66.6 Å². The standard InChI is InChI=1S/C13H20N2O2/c1-3-15(8-4-7-14)13(17)11-5-6-12(16)10(2)9-11/h5-6,9,16H,3-4,7-8,14H2,1-2H3. The van der Waals surface area contributed by atoms with Crippen molar-refractivity contribution < 1.29 is 9.90 Å². The monoisotopic (exact) mass is 236 g/mol. The normalized spacial score (nSPS) is 10.3. The van der Waals surface area contributed by atoms with E-state index in [1.165, 1.54) is 0 Å². The molecule has 94 valence electrons. The molecule has 3 N–H and O–H groups in total. The maximum atomic E-state index is 12.1. The number of benzene rings is 1. The number of amides is 1. The van der Waals surface area contributed by atoms with E-state index < -0.39 is 0 Å². The number of rotatable bonds is 5. The van der Waals surface area contributed by atoms with E-state index in [9.17, 15) is 9.90 Å². The number of phenols is 1. The summed E-state index contributed by atoms with van der Waals surface area (Å²) in [5.41, 5.74) is 6.77. The van der Waals surface area contributed by atoms with E-state index in [0.29, 0.717) is 30.8 Å². The molecule has 17 heavy (non-hydrogen) atoms. The second-order valence-corrected chi connectivity index (χ2v) is 4.03. The van der Waals surface area contributed by atoms with Crippen LogP contribution in [0.5, 0.6) is 5.75 Å². The van der Waals surface area contributed by atoms with Crippen LogP contribution in [-0.2, 0) is 0 Å². The zero-order valence-corrected chi connectivity index (χ0v) is 10.4. The third kappa shape index (κ3) is 3.46. The first-order valence-electron chi connectivity index (χ1n) is 5.89. The molecule has 0 atom stereocenters. The lowest BCUT2D eigenvalue weighted by Gasteiger charge is -2.20. The van der Waals surface area contributed by atoms with E-state index in [1.807, 2.05) is 6.92 Å². The molecule has 0 aliphatic carbocycles. The molecule has 1 aromatic carbocycles. The third-order valence-electron chi connectivity index (χ3n) is 2.74. The maximum absolute atomic E-state index is 12.1. The summed E-state index contributed by atoms with van der Waals surface area (Å²) >= 11 is 0. The Morgan fingerprint density at radius 1 is 1.47 bits per heavy atom. The first-order chi connectivity index (χ1) is 8.10. The minimum absolute atomic E-state index is 0.0101. The Kier molecular flexibility index (Phi) is 4.97. The highest BCUT2D eigenvalue weighted by Crippen LogP contribution is 2.18. The summed E-state index contributed by atoms with van der Waals surface area (Å²) in [5, 5.41) is 9.42. The smallest absolute Gasteiger partial charge is 0.253 e. The number of hydrogen-bond donors (Lipinski definition) is 2. The predicted octanol–water partition coefficient (Wildman–Crippen LogP) is 1.51. The van der Waals surface area contributed by atoms with Gasteiger partial charge in [0, 0.05) is 18.7 Å². The van der Waals surface area contributed by atoms with Crippen LogP contribution in [-0.4, -0.2) is 35.5 Å². The molecule has 0 heterocycles. The van der Waals surface area contributed by atoms with E-state index in [1.54, 1.807) is 30.0 Å². The molecule has 0 aromatic heterocycles. The number of hydrogen-bond acceptors (Lipinski definition) is 3. The van der Waals surface area contributed by atoms with Gasteiger partial charge in [-0.3, -0.25) is 4.79 Å². The molecule has 0 unspecified atom stereocenters. The molecule has 1 amide bonds. The van der Waals surface area contributed by atoms with Crippen molar-refractivity contribution >= 4 is 5.91 Å². The van der Waals surface area contributed by atoms with Gasteiger partial charge in [0.25, 0.3) is 5.91 Å². The lowest BCUT2D eigenvalue weighted by Crippen LogP contribution is -2.32. The van der Waals surface area contributed by atoms with Gasteiger partial charge in [0.2, 0.25) is 0 Å². The van der Waals surface area contributed by atoms with Crippen molar-refractivity contribution in [1.29, 1.82) is 0 Å². The summed E-state index contributed by atoms with van der Waals surface area (Å²) in [5.74, 6) is 0.204. The quantitative estimate of drug-likeness (QED) is 0.814. The summed E-state index contributed by atoms with van der Waals surface area (Å²) in [6.07, 6.45) is 0.802. The van der Waals surface area contributed by atoms with E-state index in [0.717, 1.165) is 6.42 Å². The molecular formula is C13H20N2O2. The lowest BCUT2D eigenvalue weighted by atomic mass is 10.1. The molecule has 0 radical (unpaired) electrons. The van der Waals surface area contributed by atoms with Crippen molar-refractivity contribution in [3.63, 3.8) is 0 Å². The molecule has 0 saturated heterocycles. The molecular weight excluding hydrogens is 216 g/mol. The van der Waals surface area contributed by atoms with Crippen molar-refractivity contribution in [2.75, 3.05) is 19.6 Å². The highest BCUT2D eigenvalue weighted by Gasteiger charge is 2.14. The van der Waals surface area contributed by atoms with Gasteiger partial charge in [-0.2, -0.15) is 0 Å². The minimum Gasteiger partial charge on any atom is -0.508 e. The molecule has 4 nitrogen and oxygen atoms in total. The van der Waals surface area contributed by atoms with E-state index in [2.05, 4.69) is 0 Å². The fourth-order valence-corrected chi connectivity index (χ4v) is 1.66. The van der Waals surface area contributed by atoms with Gasteiger partial charge in [0.15, 0.2) is 0 Å². The Morgan fingerprint density at radius 3 is 2.71 bits per heavy atom. The van der Waals surface area contributed by atoms with Crippen molar-refractivity contribution in [2.24, 2.45) is 5.73 Å². The summed E-state index contributed by atoms with van der Waals surface area (Å²) < 4.78 is 0. The van der Waals surface area contributed by atoms with Crippen LogP contribution in [0, 0.1) is 6.92 Å². The summed E-state index contributed by atoms with van der Waals surface area (Å²) in [7, 11) is 0.